The quantitative estimate of drug-likeness (QED) is 0.750. The van der Waals surface area contributed by atoms with Gasteiger partial charge in [-0.05, 0) is 17.6 Å². The van der Waals surface area contributed by atoms with Crippen LogP contribution < -0.4 is 0 Å². The Hall–Kier alpha value is -1.24. The minimum atomic E-state index is -0.833. The van der Waals surface area contributed by atoms with Crippen molar-refractivity contribution < 1.29 is 24.6 Å². The molecular weight excluding hydrogens is 318 g/mol. The second kappa shape index (κ2) is 17.1. The molecule has 0 fully saturated rings. The van der Waals surface area contributed by atoms with Crippen LogP contribution in [0.5, 0.6) is 0 Å². The van der Waals surface area contributed by atoms with Gasteiger partial charge in [0.1, 0.15) is 0 Å². The molecule has 6 nitrogen and oxygen atoms in total. The molecule has 0 aliphatic heterocycles. The third-order valence-electron chi connectivity index (χ3n) is 2.00. The van der Waals surface area contributed by atoms with E-state index < -0.39 is 11.9 Å². The highest BCUT2D eigenvalue weighted by atomic mass is 32.2. The second-order valence-electron chi connectivity index (χ2n) is 5.66. The minimum Gasteiger partial charge on any atom is -0.481 e. The first-order valence-electron chi connectivity index (χ1n) is 7.80. The van der Waals surface area contributed by atoms with Gasteiger partial charge in [-0.1, -0.05) is 53.3 Å². The maximum atomic E-state index is 11.7. The first-order chi connectivity index (χ1) is 10.5. The first kappa shape index (κ1) is 26.6. The van der Waals surface area contributed by atoms with E-state index in [9.17, 15) is 9.59 Å². The molecule has 0 atom stereocenters. The third kappa shape index (κ3) is 29.4. The Balaban J connectivity index is -0.000000365. The molecule has 0 aromatic heterocycles. The Bertz CT molecular complexity index is 318. The van der Waals surface area contributed by atoms with Crippen molar-refractivity contribution in [1.29, 1.82) is 0 Å². The van der Waals surface area contributed by atoms with Crippen LogP contribution in [0.4, 0.5) is 4.79 Å². The average molecular weight is 352 g/mol. The maximum absolute atomic E-state index is 11.7. The van der Waals surface area contributed by atoms with E-state index in [1.807, 2.05) is 11.8 Å². The van der Waals surface area contributed by atoms with Gasteiger partial charge in [0, 0.05) is 26.4 Å². The summed E-state index contributed by atoms with van der Waals surface area (Å²) in [5.41, 5.74) is 0. The molecule has 0 bridgehead atoms. The largest absolute Gasteiger partial charge is 0.481 e. The molecule has 1 amide bonds. The molecule has 7 heteroatoms. The van der Waals surface area contributed by atoms with Crippen LogP contribution in [0, 0.1) is 11.8 Å². The van der Waals surface area contributed by atoms with E-state index in [2.05, 4.69) is 27.7 Å². The summed E-state index contributed by atoms with van der Waals surface area (Å²) in [6.45, 7) is 15.1. The maximum Gasteiger partial charge on any atom is 0.303 e. The topological polar surface area (TPSA) is 94.9 Å². The molecule has 0 aromatic carbocycles. The molecule has 0 unspecified atom stereocenters. The highest BCUT2D eigenvalue weighted by Crippen LogP contribution is 2.12. The first-order valence-corrected chi connectivity index (χ1v) is 8.79. The Kier molecular flexibility index (Phi) is 19.8. The Labute approximate surface area is 144 Å². The van der Waals surface area contributed by atoms with E-state index in [1.165, 1.54) is 11.8 Å². The molecule has 0 saturated heterocycles. The van der Waals surface area contributed by atoms with Crippen LogP contribution in [-0.2, 0) is 9.59 Å². The number of carbonyl (C=O) groups is 3. The lowest BCUT2D eigenvalue weighted by molar-refractivity contribution is -0.137. The summed E-state index contributed by atoms with van der Waals surface area (Å²) in [7, 11) is 0. The van der Waals surface area contributed by atoms with Crippen molar-refractivity contribution in [3.05, 3.63) is 0 Å². The Morgan fingerprint density at radius 2 is 1.26 bits per heavy atom. The predicted octanol–water partition coefficient (Wildman–Crippen LogP) is 4.05. The highest BCUT2D eigenvalue weighted by Gasteiger charge is 2.15. The van der Waals surface area contributed by atoms with Gasteiger partial charge >= 0.3 is 5.97 Å². The molecule has 138 valence electrons. The van der Waals surface area contributed by atoms with E-state index in [4.69, 9.17) is 15.0 Å². The van der Waals surface area contributed by atoms with Gasteiger partial charge in [-0.15, -0.1) is 0 Å². The van der Waals surface area contributed by atoms with Crippen LogP contribution >= 0.6 is 11.8 Å². The van der Waals surface area contributed by atoms with Gasteiger partial charge in [0.2, 0.25) is 0 Å². The van der Waals surface area contributed by atoms with Crippen LogP contribution in [0.1, 0.15) is 54.9 Å². The molecule has 0 saturated carbocycles. The number of hydrogen-bond donors (Lipinski definition) is 2. The average Bonchev–Trinajstić information content (AvgIpc) is 2.37. The summed E-state index contributed by atoms with van der Waals surface area (Å²) >= 11 is 1.41. The monoisotopic (exact) mass is 351 g/mol. The molecule has 0 spiro atoms. The van der Waals surface area contributed by atoms with Gasteiger partial charge in [-0.2, -0.15) is 0 Å². The lowest BCUT2D eigenvalue weighted by Gasteiger charge is -2.25. The summed E-state index contributed by atoms with van der Waals surface area (Å²) < 4.78 is 0. The van der Waals surface area contributed by atoms with E-state index in [-0.39, 0.29) is 11.7 Å². The summed E-state index contributed by atoms with van der Waals surface area (Å²) in [4.78, 5) is 32.0. The standard InChI is InChI=1S/C11H23NOS.C3H6O2.C2H4O2/c1-6-14-11(13)12(7-9(2)3)8-10(4)5;1-2-3(4)5;1-2(3)4/h9-10H,6-8H2,1-5H3;2H2,1H3,(H,4,5);1H3,(H,3,4). The van der Waals surface area contributed by atoms with Gasteiger partial charge in [0.05, 0.1) is 0 Å². The number of aliphatic carboxylic acids is 2. The Morgan fingerprint density at radius 3 is 1.43 bits per heavy atom. The van der Waals surface area contributed by atoms with E-state index >= 15 is 0 Å². The molecular formula is C16H33NO5S. The number of carboxylic acid groups (broad SMARTS) is 2. The SMILES string of the molecule is CC(=O)O.CCC(=O)O.CCSC(=O)N(CC(C)C)CC(C)C. The van der Waals surface area contributed by atoms with Crippen molar-refractivity contribution in [2.45, 2.75) is 54.9 Å². The minimum absolute atomic E-state index is 0.222. The van der Waals surface area contributed by atoms with Gasteiger partial charge in [0.15, 0.2) is 0 Å². The summed E-state index contributed by atoms with van der Waals surface area (Å²) in [5, 5.41) is 15.4. The molecule has 0 aromatic rings. The highest BCUT2D eigenvalue weighted by molar-refractivity contribution is 8.13. The van der Waals surface area contributed by atoms with Crippen LogP contribution in [0.2, 0.25) is 0 Å². The number of carboxylic acids is 2. The van der Waals surface area contributed by atoms with Crippen molar-refractivity contribution in [3.63, 3.8) is 0 Å². The number of carbonyl (C=O) groups excluding carboxylic acids is 1. The van der Waals surface area contributed by atoms with E-state index in [0.29, 0.717) is 11.8 Å². The van der Waals surface area contributed by atoms with Gasteiger partial charge in [0.25, 0.3) is 11.2 Å². The summed E-state index contributed by atoms with van der Waals surface area (Å²) in [6.07, 6.45) is 0.222. The van der Waals surface area contributed by atoms with Gasteiger partial charge < -0.3 is 15.1 Å². The van der Waals surface area contributed by atoms with E-state index in [0.717, 1.165) is 25.8 Å². The zero-order valence-electron chi connectivity index (χ0n) is 15.5. The lowest BCUT2D eigenvalue weighted by atomic mass is 10.1. The number of rotatable bonds is 6. The molecule has 0 radical (unpaired) electrons. The normalized spacial score (nSPS) is 9.43. The molecule has 0 heterocycles. The molecule has 0 aliphatic rings. The smallest absolute Gasteiger partial charge is 0.303 e. The summed E-state index contributed by atoms with van der Waals surface area (Å²) in [6, 6.07) is 0. The number of amides is 1. The zero-order chi connectivity index (χ0) is 19.0. The van der Waals surface area contributed by atoms with Gasteiger partial charge in [-0.3, -0.25) is 14.4 Å². The fourth-order valence-corrected chi connectivity index (χ4v) is 1.90. The predicted molar refractivity (Wildman–Crippen MR) is 96.0 cm³/mol. The molecule has 0 aliphatic carbocycles. The van der Waals surface area contributed by atoms with Crippen molar-refractivity contribution in [3.8, 4) is 0 Å². The Morgan fingerprint density at radius 1 is 0.957 bits per heavy atom. The van der Waals surface area contributed by atoms with Crippen LogP contribution in [-0.4, -0.2) is 51.1 Å². The fraction of sp³-hybridized carbons (Fsp3) is 0.812. The van der Waals surface area contributed by atoms with Gasteiger partial charge in [-0.25, -0.2) is 0 Å². The van der Waals surface area contributed by atoms with E-state index in [1.54, 1.807) is 6.92 Å². The zero-order valence-corrected chi connectivity index (χ0v) is 16.3. The second-order valence-corrected chi connectivity index (χ2v) is 6.87. The number of thioether (sulfide) groups is 1. The number of hydrogen-bond acceptors (Lipinski definition) is 4. The van der Waals surface area contributed by atoms with Crippen LogP contribution in [0.15, 0.2) is 0 Å². The summed E-state index contributed by atoms with van der Waals surface area (Å²) in [5.74, 6) is 0.390. The van der Waals surface area contributed by atoms with Crippen molar-refractivity contribution in [2.24, 2.45) is 11.8 Å². The number of nitrogens with zero attached hydrogens (tertiary/aromatic N) is 1. The fourth-order valence-electron chi connectivity index (χ4n) is 1.32. The van der Waals surface area contributed by atoms with Crippen LogP contribution in [0.3, 0.4) is 0 Å². The lowest BCUT2D eigenvalue weighted by Crippen LogP contribution is -2.34. The molecule has 2 N–H and O–H groups in total. The van der Waals surface area contributed by atoms with Crippen molar-refractivity contribution in [2.75, 3.05) is 18.8 Å². The van der Waals surface area contributed by atoms with Crippen molar-refractivity contribution in [1.82, 2.24) is 4.90 Å². The van der Waals surface area contributed by atoms with Crippen molar-refractivity contribution >= 4 is 28.9 Å². The van der Waals surface area contributed by atoms with Crippen LogP contribution in [0.25, 0.3) is 0 Å². The molecule has 0 rings (SSSR count). The molecule has 23 heavy (non-hydrogen) atoms. The third-order valence-corrected chi connectivity index (χ3v) is 2.79.